The molecule has 0 atom stereocenters. The van der Waals surface area contributed by atoms with Crippen molar-refractivity contribution in [3.8, 4) is 17.4 Å². The lowest BCUT2D eigenvalue weighted by atomic mass is 10.0. The topological polar surface area (TPSA) is 71.5 Å². The van der Waals surface area contributed by atoms with E-state index in [4.69, 9.17) is 4.42 Å². The van der Waals surface area contributed by atoms with Crippen LogP contribution in [0.4, 0.5) is 5.13 Å². The molecule has 0 bridgehead atoms. The lowest BCUT2D eigenvalue weighted by Crippen LogP contribution is -1.84. The van der Waals surface area contributed by atoms with E-state index in [0.717, 1.165) is 26.6 Å². The molecule has 0 amide bonds. The summed E-state index contributed by atoms with van der Waals surface area (Å²) in [6.07, 6.45) is 1.48. The molecule has 27 heavy (non-hydrogen) atoms. The maximum atomic E-state index is 10.1. The summed E-state index contributed by atoms with van der Waals surface area (Å²) in [7, 11) is 0. The third kappa shape index (κ3) is 2.86. The SMILES string of the molecule is Oc1oc(-c2cccc3ccccc23)nc1/C=N/c1nc2ccccc2s1. The lowest BCUT2D eigenvalue weighted by Gasteiger charge is -2.01. The number of fused-ring (bicyclic) bond motifs is 2. The Morgan fingerprint density at radius 2 is 1.74 bits per heavy atom. The number of aromatic nitrogens is 2. The number of thiazole rings is 1. The molecule has 0 aliphatic carbocycles. The number of benzene rings is 3. The van der Waals surface area contributed by atoms with Gasteiger partial charge in [-0.2, -0.15) is 0 Å². The average molecular weight is 371 g/mol. The zero-order chi connectivity index (χ0) is 18.2. The average Bonchev–Trinajstić information content (AvgIpc) is 3.28. The summed E-state index contributed by atoms with van der Waals surface area (Å²) in [6.45, 7) is 0. The number of aliphatic imine (C=N–C) groups is 1. The minimum atomic E-state index is -0.261. The second kappa shape index (κ2) is 6.34. The second-order valence-electron chi connectivity index (χ2n) is 5.96. The van der Waals surface area contributed by atoms with Gasteiger partial charge in [0.2, 0.25) is 11.0 Å². The minimum Gasteiger partial charge on any atom is -0.479 e. The number of para-hydroxylation sites is 1. The third-order valence-corrected chi connectivity index (χ3v) is 5.18. The van der Waals surface area contributed by atoms with Gasteiger partial charge in [-0.3, -0.25) is 0 Å². The lowest BCUT2D eigenvalue weighted by molar-refractivity contribution is 0.337. The predicted octanol–water partition coefficient (Wildman–Crippen LogP) is 5.56. The monoisotopic (exact) mass is 371 g/mol. The van der Waals surface area contributed by atoms with E-state index in [2.05, 4.69) is 15.0 Å². The molecule has 0 aliphatic rings. The van der Waals surface area contributed by atoms with E-state index in [1.165, 1.54) is 17.6 Å². The van der Waals surface area contributed by atoms with Gasteiger partial charge < -0.3 is 9.52 Å². The van der Waals surface area contributed by atoms with Crippen LogP contribution in [0.25, 0.3) is 32.4 Å². The molecule has 0 unspecified atom stereocenters. The minimum absolute atomic E-state index is 0.261. The Morgan fingerprint density at radius 1 is 0.926 bits per heavy atom. The predicted molar refractivity (Wildman–Crippen MR) is 108 cm³/mol. The molecule has 5 rings (SSSR count). The van der Waals surface area contributed by atoms with E-state index in [1.54, 1.807) is 0 Å². The number of hydrogen-bond acceptors (Lipinski definition) is 6. The largest absolute Gasteiger partial charge is 0.479 e. The van der Waals surface area contributed by atoms with Crippen LogP contribution in [-0.4, -0.2) is 21.3 Å². The Morgan fingerprint density at radius 3 is 2.67 bits per heavy atom. The molecular formula is C21H13N3O2S. The van der Waals surface area contributed by atoms with Crippen molar-refractivity contribution in [2.75, 3.05) is 0 Å². The molecule has 3 aromatic carbocycles. The van der Waals surface area contributed by atoms with Crippen molar-refractivity contribution in [2.24, 2.45) is 4.99 Å². The van der Waals surface area contributed by atoms with Gasteiger partial charge in [-0.15, -0.1) is 0 Å². The highest BCUT2D eigenvalue weighted by Gasteiger charge is 2.14. The highest BCUT2D eigenvalue weighted by atomic mass is 32.1. The maximum absolute atomic E-state index is 10.1. The quantitative estimate of drug-likeness (QED) is 0.421. The molecule has 2 heterocycles. The fraction of sp³-hybridized carbons (Fsp3) is 0. The van der Waals surface area contributed by atoms with Crippen LogP contribution >= 0.6 is 11.3 Å². The van der Waals surface area contributed by atoms with E-state index >= 15 is 0 Å². The van der Waals surface area contributed by atoms with Gasteiger partial charge in [0.15, 0.2) is 5.69 Å². The molecule has 0 fully saturated rings. The van der Waals surface area contributed by atoms with Crippen molar-refractivity contribution in [2.45, 2.75) is 0 Å². The smallest absolute Gasteiger partial charge is 0.312 e. The van der Waals surface area contributed by atoms with Gasteiger partial charge in [0.1, 0.15) is 0 Å². The van der Waals surface area contributed by atoms with E-state index in [-0.39, 0.29) is 11.6 Å². The van der Waals surface area contributed by atoms with Gasteiger partial charge in [0.05, 0.1) is 16.4 Å². The first kappa shape index (κ1) is 15.7. The van der Waals surface area contributed by atoms with Crippen molar-refractivity contribution in [3.05, 3.63) is 72.4 Å². The Labute approximate surface area is 158 Å². The molecule has 5 nitrogen and oxygen atoms in total. The summed E-state index contributed by atoms with van der Waals surface area (Å²) in [5.74, 6) is 0.0952. The van der Waals surface area contributed by atoms with Gasteiger partial charge in [0.25, 0.3) is 0 Å². The standard InChI is InChI=1S/C21H13N3O2S/c25-20-17(12-22-21-24-16-10-3-4-11-18(16)27-21)23-19(26-20)15-9-5-7-13-6-1-2-8-14(13)15/h1-12,25H/b22-12+. The molecule has 0 saturated heterocycles. The van der Waals surface area contributed by atoms with Crippen molar-refractivity contribution in [1.82, 2.24) is 9.97 Å². The van der Waals surface area contributed by atoms with E-state index < -0.39 is 0 Å². The molecule has 130 valence electrons. The number of oxazole rings is 1. The van der Waals surface area contributed by atoms with Gasteiger partial charge in [-0.25, -0.2) is 15.0 Å². The Kier molecular flexibility index (Phi) is 3.69. The van der Waals surface area contributed by atoms with Crippen LogP contribution in [0.1, 0.15) is 5.69 Å². The van der Waals surface area contributed by atoms with Crippen molar-refractivity contribution >= 4 is 43.7 Å². The number of hydrogen-bond donors (Lipinski definition) is 1. The second-order valence-corrected chi connectivity index (χ2v) is 6.97. The van der Waals surface area contributed by atoms with Gasteiger partial charge in [-0.1, -0.05) is 59.9 Å². The summed E-state index contributed by atoms with van der Waals surface area (Å²) >= 11 is 1.48. The fourth-order valence-corrected chi connectivity index (χ4v) is 3.78. The van der Waals surface area contributed by atoms with E-state index in [9.17, 15) is 5.11 Å². The van der Waals surface area contributed by atoms with Crippen molar-refractivity contribution in [3.63, 3.8) is 0 Å². The number of rotatable bonds is 3. The van der Waals surface area contributed by atoms with E-state index in [0.29, 0.717) is 11.0 Å². The molecule has 1 N–H and O–H groups in total. The highest BCUT2D eigenvalue weighted by molar-refractivity contribution is 7.22. The summed E-state index contributed by atoms with van der Waals surface area (Å²) in [5, 5.41) is 12.8. The number of aromatic hydroxyl groups is 1. The zero-order valence-electron chi connectivity index (χ0n) is 14.0. The van der Waals surface area contributed by atoms with Crippen LogP contribution in [0.3, 0.4) is 0 Å². The molecule has 2 aromatic heterocycles. The van der Waals surface area contributed by atoms with Crippen LogP contribution in [0.15, 0.2) is 76.1 Å². The molecule has 0 radical (unpaired) electrons. The van der Waals surface area contributed by atoms with Crippen LogP contribution in [0, 0.1) is 0 Å². The van der Waals surface area contributed by atoms with Gasteiger partial charge in [0, 0.05) is 5.56 Å². The van der Waals surface area contributed by atoms with E-state index in [1.807, 2.05) is 66.7 Å². The first-order valence-electron chi connectivity index (χ1n) is 8.35. The Hall–Kier alpha value is -3.51. The van der Waals surface area contributed by atoms with Crippen LogP contribution in [-0.2, 0) is 0 Å². The van der Waals surface area contributed by atoms with Crippen LogP contribution in [0.2, 0.25) is 0 Å². The molecule has 0 spiro atoms. The Bertz CT molecular complexity index is 1270. The summed E-state index contributed by atoms with van der Waals surface area (Å²) in [6, 6.07) is 21.7. The summed E-state index contributed by atoms with van der Waals surface area (Å²) in [5.41, 5.74) is 2.00. The first-order chi connectivity index (χ1) is 13.3. The van der Waals surface area contributed by atoms with Crippen LogP contribution in [0.5, 0.6) is 5.95 Å². The fourth-order valence-electron chi connectivity index (χ4n) is 2.97. The van der Waals surface area contributed by atoms with Crippen molar-refractivity contribution in [1.29, 1.82) is 0 Å². The van der Waals surface area contributed by atoms with Crippen molar-refractivity contribution < 1.29 is 9.52 Å². The number of nitrogens with zero attached hydrogens (tertiary/aromatic N) is 3. The zero-order valence-corrected chi connectivity index (χ0v) is 14.9. The van der Waals surface area contributed by atoms with Crippen LogP contribution < -0.4 is 0 Å². The molecular weight excluding hydrogens is 358 g/mol. The highest BCUT2D eigenvalue weighted by Crippen LogP contribution is 2.32. The molecule has 0 aliphatic heterocycles. The normalized spacial score (nSPS) is 11.7. The molecule has 6 heteroatoms. The first-order valence-corrected chi connectivity index (χ1v) is 9.17. The third-order valence-electron chi connectivity index (χ3n) is 4.23. The maximum Gasteiger partial charge on any atom is 0.312 e. The summed E-state index contributed by atoms with van der Waals surface area (Å²) < 4.78 is 6.55. The molecule has 0 saturated carbocycles. The van der Waals surface area contributed by atoms with Gasteiger partial charge >= 0.3 is 5.95 Å². The Balaban J connectivity index is 1.52. The summed E-state index contributed by atoms with van der Waals surface area (Å²) in [4.78, 5) is 13.2. The molecule has 5 aromatic rings. The van der Waals surface area contributed by atoms with Gasteiger partial charge in [-0.05, 0) is 29.0 Å².